The number of thiophene rings is 1. The van der Waals surface area contributed by atoms with Crippen molar-refractivity contribution in [2.75, 3.05) is 21.3 Å². The summed E-state index contributed by atoms with van der Waals surface area (Å²) in [5, 5.41) is 0.262. The maximum absolute atomic E-state index is 12.5. The fourth-order valence-electron chi connectivity index (χ4n) is 2.58. The van der Waals surface area contributed by atoms with Crippen LogP contribution in [-0.2, 0) is 26.5 Å². The lowest BCUT2D eigenvalue weighted by Gasteiger charge is -2.19. The molecule has 1 saturated heterocycles. The first-order valence-electron chi connectivity index (χ1n) is 7.64. The number of aryl methyl sites for hydroxylation is 1. The highest BCUT2D eigenvalue weighted by Crippen LogP contribution is 2.34. The van der Waals surface area contributed by atoms with E-state index in [4.69, 9.17) is 11.6 Å². The van der Waals surface area contributed by atoms with Crippen molar-refractivity contribution >= 4 is 54.4 Å². The molecule has 0 radical (unpaired) electrons. The van der Waals surface area contributed by atoms with Crippen LogP contribution in [-0.4, -0.2) is 29.1 Å². The second kappa shape index (κ2) is 6.79. The molecule has 1 aromatic carbocycles. The Balaban J connectivity index is 1.92. The number of nitrogens with zero attached hydrogens (tertiary/aromatic N) is 1. The lowest BCUT2D eigenvalue weighted by molar-refractivity contribution is 0.599. The molecule has 136 valence electrons. The molecule has 2 heterocycles. The monoisotopic (exact) mass is 420 g/mol. The predicted octanol–water partition coefficient (Wildman–Crippen LogP) is 3.30. The lowest BCUT2D eigenvalue weighted by atomic mass is 10.3. The van der Waals surface area contributed by atoms with Gasteiger partial charge >= 0.3 is 0 Å². The van der Waals surface area contributed by atoms with E-state index in [0.29, 0.717) is 18.7 Å². The van der Waals surface area contributed by atoms with Crippen LogP contribution < -0.4 is 9.03 Å². The van der Waals surface area contributed by atoms with Crippen LogP contribution >= 0.6 is 22.9 Å². The van der Waals surface area contributed by atoms with Gasteiger partial charge in [0.15, 0.2) is 0 Å². The first-order valence-corrected chi connectivity index (χ1v) is 11.9. The van der Waals surface area contributed by atoms with Crippen molar-refractivity contribution in [1.29, 1.82) is 0 Å². The van der Waals surface area contributed by atoms with Gasteiger partial charge < -0.3 is 0 Å². The van der Waals surface area contributed by atoms with Crippen LogP contribution in [0.1, 0.15) is 18.2 Å². The predicted molar refractivity (Wildman–Crippen MR) is 102 cm³/mol. The van der Waals surface area contributed by atoms with Crippen molar-refractivity contribution in [2.24, 2.45) is 0 Å². The molecule has 0 saturated carbocycles. The van der Waals surface area contributed by atoms with Crippen LogP contribution in [0.2, 0.25) is 5.02 Å². The maximum Gasteiger partial charge on any atom is 0.271 e. The molecule has 3 rings (SSSR count). The molecule has 1 aliphatic rings. The first-order chi connectivity index (χ1) is 11.7. The zero-order valence-electron chi connectivity index (χ0n) is 13.4. The quantitative estimate of drug-likeness (QED) is 0.804. The molecular weight excluding hydrogens is 404 g/mol. The molecule has 10 heteroatoms. The Morgan fingerprint density at radius 1 is 1.28 bits per heavy atom. The summed E-state index contributed by atoms with van der Waals surface area (Å²) < 4.78 is 53.2. The van der Waals surface area contributed by atoms with Crippen molar-refractivity contribution < 1.29 is 16.8 Å². The van der Waals surface area contributed by atoms with Crippen LogP contribution in [0.4, 0.5) is 11.4 Å². The zero-order valence-corrected chi connectivity index (χ0v) is 16.6. The summed E-state index contributed by atoms with van der Waals surface area (Å²) in [7, 11) is -7.13. The van der Waals surface area contributed by atoms with E-state index < -0.39 is 20.0 Å². The van der Waals surface area contributed by atoms with Gasteiger partial charge in [-0.3, -0.25) is 9.03 Å². The van der Waals surface area contributed by atoms with E-state index in [1.54, 1.807) is 12.1 Å². The molecule has 0 spiro atoms. The average Bonchev–Trinajstić information content (AvgIpc) is 3.15. The molecule has 1 aliphatic heterocycles. The Kier molecular flexibility index (Phi) is 5.02. The van der Waals surface area contributed by atoms with Crippen molar-refractivity contribution in [1.82, 2.24) is 0 Å². The summed E-state index contributed by atoms with van der Waals surface area (Å²) in [4.78, 5) is 0.973. The van der Waals surface area contributed by atoms with Crippen molar-refractivity contribution in [3.05, 3.63) is 40.2 Å². The maximum atomic E-state index is 12.5. The van der Waals surface area contributed by atoms with Crippen LogP contribution in [0.5, 0.6) is 0 Å². The molecule has 1 N–H and O–H groups in total. The normalized spacial score (nSPS) is 17.0. The van der Waals surface area contributed by atoms with Crippen LogP contribution in [0, 0.1) is 0 Å². The molecule has 6 nitrogen and oxygen atoms in total. The number of hydrogen-bond donors (Lipinski definition) is 1. The van der Waals surface area contributed by atoms with E-state index in [0.717, 1.165) is 11.3 Å². The minimum Gasteiger partial charge on any atom is -0.279 e. The largest absolute Gasteiger partial charge is 0.279 e. The summed E-state index contributed by atoms with van der Waals surface area (Å²) in [5.41, 5.74) is 0.563. The highest BCUT2D eigenvalue weighted by Gasteiger charge is 2.30. The second-order valence-electron chi connectivity index (χ2n) is 5.59. The zero-order chi connectivity index (χ0) is 18.2. The average molecular weight is 421 g/mol. The van der Waals surface area contributed by atoms with Gasteiger partial charge in [-0.05, 0) is 43.2 Å². The summed E-state index contributed by atoms with van der Waals surface area (Å²) in [5.74, 6) is 0.0638. The van der Waals surface area contributed by atoms with Crippen LogP contribution in [0.15, 0.2) is 34.5 Å². The van der Waals surface area contributed by atoms with Gasteiger partial charge in [-0.2, -0.15) is 0 Å². The topological polar surface area (TPSA) is 83.6 Å². The van der Waals surface area contributed by atoms with Gasteiger partial charge in [-0.25, -0.2) is 16.8 Å². The third-order valence-electron chi connectivity index (χ3n) is 3.82. The van der Waals surface area contributed by atoms with Gasteiger partial charge in [0.2, 0.25) is 10.0 Å². The molecule has 0 unspecified atom stereocenters. The third kappa shape index (κ3) is 3.79. The summed E-state index contributed by atoms with van der Waals surface area (Å²) >= 11 is 7.34. The Morgan fingerprint density at radius 2 is 2.04 bits per heavy atom. The summed E-state index contributed by atoms with van der Waals surface area (Å²) in [6.45, 7) is 2.29. The number of sulfonamides is 2. The van der Waals surface area contributed by atoms with Gasteiger partial charge in [0.1, 0.15) is 4.21 Å². The molecule has 25 heavy (non-hydrogen) atoms. The lowest BCUT2D eigenvalue weighted by Crippen LogP contribution is -2.25. The highest BCUT2D eigenvalue weighted by molar-refractivity contribution is 7.94. The van der Waals surface area contributed by atoms with E-state index in [1.165, 1.54) is 33.8 Å². The van der Waals surface area contributed by atoms with Crippen LogP contribution in [0.3, 0.4) is 0 Å². The molecular formula is C15H17ClN2O4S3. The van der Waals surface area contributed by atoms with E-state index in [1.807, 2.05) is 6.92 Å². The molecule has 0 atom stereocenters. The molecule has 0 amide bonds. The van der Waals surface area contributed by atoms with E-state index in [9.17, 15) is 16.8 Å². The first kappa shape index (κ1) is 18.5. The number of benzene rings is 1. The minimum atomic E-state index is -3.73. The Morgan fingerprint density at radius 3 is 2.64 bits per heavy atom. The third-order valence-corrected chi connectivity index (χ3v) is 9.09. The molecule has 2 aromatic rings. The number of anilines is 2. The fourth-order valence-corrected chi connectivity index (χ4v) is 6.76. The van der Waals surface area contributed by atoms with E-state index >= 15 is 0 Å². The number of halogens is 1. The summed E-state index contributed by atoms with van der Waals surface area (Å²) in [6, 6.07) is 7.81. The Bertz CT molecular complexity index is 1000. The molecule has 0 aliphatic carbocycles. The second-order valence-corrected chi connectivity index (χ2v) is 11.1. The fraction of sp³-hybridized carbons (Fsp3) is 0.333. The molecule has 1 fully saturated rings. The molecule has 0 bridgehead atoms. The van der Waals surface area contributed by atoms with E-state index in [-0.39, 0.29) is 20.7 Å². The van der Waals surface area contributed by atoms with Gasteiger partial charge in [-0.15, -0.1) is 11.3 Å². The van der Waals surface area contributed by atoms with E-state index in [2.05, 4.69) is 4.72 Å². The SMILES string of the molecule is CCc1ccc(S(=O)(=O)Nc2ccc(Cl)c(N3CCCS3(=O)=O)c2)s1. The van der Waals surface area contributed by atoms with Crippen molar-refractivity contribution in [3.63, 3.8) is 0 Å². The van der Waals surface area contributed by atoms with Gasteiger partial charge in [-0.1, -0.05) is 18.5 Å². The van der Waals surface area contributed by atoms with Gasteiger partial charge in [0, 0.05) is 11.4 Å². The van der Waals surface area contributed by atoms with Crippen LogP contribution in [0.25, 0.3) is 0 Å². The standard InChI is InChI=1S/C15H17ClN2O4S3/c1-2-12-5-7-15(23-12)25(21,22)17-11-4-6-13(16)14(10-11)18-8-3-9-24(18,19)20/h4-7,10,17H,2-3,8-9H2,1H3. The smallest absolute Gasteiger partial charge is 0.271 e. The number of rotatable bonds is 5. The van der Waals surface area contributed by atoms with Crippen molar-refractivity contribution in [2.45, 2.75) is 24.0 Å². The highest BCUT2D eigenvalue weighted by atomic mass is 35.5. The summed E-state index contributed by atoms with van der Waals surface area (Å²) in [6.07, 6.45) is 1.28. The number of hydrogen-bond acceptors (Lipinski definition) is 5. The number of nitrogens with one attached hydrogen (secondary N) is 1. The van der Waals surface area contributed by atoms with Gasteiger partial charge in [0.05, 0.1) is 22.2 Å². The minimum absolute atomic E-state index is 0.0638. The van der Waals surface area contributed by atoms with Crippen molar-refractivity contribution in [3.8, 4) is 0 Å². The van der Waals surface area contributed by atoms with Gasteiger partial charge in [0.25, 0.3) is 10.0 Å². The Hall–Kier alpha value is -1.29. The molecule has 1 aromatic heterocycles. The Labute approximate surface area is 156 Å².